The van der Waals surface area contributed by atoms with Crippen LogP contribution in [0.5, 0.6) is 0 Å². The lowest BCUT2D eigenvalue weighted by molar-refractivity contribution is -0.157. The molecule has 1 fully saturated rings. The Kier molecular flexibility index (Phi) is 4.02. The van der Waals surface area contributed by atoms with Crippen molar-refractivity contribution in [2.75, 3.05) is 6.54 Å². The summed E-state index contributed by atoms with van der Waals surface area (Å²) in [6.07, 6.45) is 2.88. The number of rotatable bonds is 3. The van der Waals surface area contributed by atoms with Crippen LogP contribution < -0.4 is 5.32 Å². The maximum atomic E-state index is 12.2. The van der Waals surface area contributed by atoms with E-state index in [-0.39, 0.29) is 12.1 Å². The zero-order valence-corrected chi connectivity index (χ0v) is 11.1. The van der Waals surface area contributed by atoms with Crippen LogP contribution in [0.3, 0.4) is 0 Å². The molecule has 1 heterocycles. The molecular formula is C15H21NO2. The first kappa shape index (κ1) is 13.1. The monoisotopic (exact) mass is 247 g/mol. The SMILES string of the molecule is CC(OC(=O)C1(C)CCCCN1)c1ccccc1. The van der Waals surface area contributed by atoms with Crippen LogP contribution in [0.25, 0.3) is 0 Å². The molecule has 1 aromatic carbocycles. The van der Waals surface area contributed by atoms with Crippen molar-refractivity contribution in [3.8, 4) is 0 Å². The fourth-order valence-electron chi connectivity index (χ4n) is 2.31. The van der Waals surface area contributed by atoms with Crippen molar-refractivity contribution in [1.82, 2.24) is 5.32 Å². The van der Waals surface area contributed by atoms with Gasteiger partial charge in [-0.2, -0.15) is 0 Å². The summed E-state index contributed by atoms with van der Waals surface area (Å²) >= 11 is 0. The van der Waals surface area contributed by atoms with Gasteiger partial charge in [0.05, 0.1) is 0 Å². The Morgan fingerprint density at radius 3 is 2.67 bits per heavy atom. The smallest absolute Gasteiger partial charge is 0.326 e. The van der Waals surface area contributed by atoms with Crippen molar-refractivity contribution in [2.24, 2.45) is 0 Å². The number of piperidine rings is 1. The zero-order chi connectivity index (χ0) is 13.0. The van der Waals surface area contributed by atoms with E-state index in [9.17, 15) is 4.79 Å². The highest BCUT2D eigenvalue weighted by Gasteiger charge is 2.36. The highest BCUT2D eigenvalue weighted by Crippen LogP contribution is 2.24. The third-order valence-electron chi connectivity index (χ3n) is 3.62. The Morgan fingerprint density at radius 1 is 1.33 bits per heavy atom. The minimum atomic E-state index is -0.513. The molecule has 1 aromatic rings. The Bertz CT molecular complexity index is 396. The van der Waals surface area contributed by atoms with Gasteiger partial charge in [0.1, 0.15) is 11.6 Å². The fraction of sp³-hybridized carbons (Fsp3) is 0.533. The van der Waals surface area contributed by atoms with Gasteiger partial charge in [-0.15, -0.1) is 0 Å². The predicted molar refractivity (Wildman–Crippen MR) is 71.2 cm³/mol. The average molecular weight is 247 g/mol. The van der Waals surface area contributed by atoms with Gasteiger partial charge in [-0.05, 0) is 45.2 Å². The van der Waals surface area contributed by atoms with Crippen LogP contribution in [0.4, 0.5) is 0 Å². The van der Waals surface area contributed by atoms with Crippen molar-refractivity contribution in [3.05, 3.63) is 35.9 Å². The molecule has 0 aromatic heterocycles. The van der Waals surface area contributed by atoms with Gasteiger partial charge in [0.25, 0.3) is 0 Å². The lowest BCUT2D eigenvalue weighted by atomic mass is 9.91. The molecule has 2 atom stereocenters. The van der Waals surface area contributed by atoms with E-state index in [1.165, 1.54) is 0 Å². The van der Waals surface area contributed by atoms with E-state index in [1.54, 1.807) is 0 Å². The van der Waals surface area contributed by atoms with Gasteiger partial charge >= 0.3 is 5.97 Å². The second-order valence-electron chi connectivity index (χ2n) is 5.17. The van der Waals surface area contributed by atoms with E-state index in [2.05, 4.69) is 5.32 Å². The first-order valence-corrected chi connectivity index (χ1v) is 6.63. The summed E-state index contributed by atoms with van der Waals surface area (Å²) in [5.74, 6) is -0.140. The van der Waals surface area contributed by atoms with Gasteiger partial charge in [0.15, 0.2) is 0 Å². The first-order chi connectivity index (χ1) is 8.62. The Hall–Kier alpha value is -1.35. The second kappa shape index (κ2) is 5.53. The maximum Gasteiger partial charge on any atom is 0.326 e. The average Bonchev–Trinajstić information content (AvgIpc) is 2.40. The third-order valence-corrected chi connectivity index (χ3v) is 3.62. The highest BCUT2D eigenvalue weighted by atomic mass is 16.5. The first-order valence-electron chi connectivity index (χ1n) is 6.63. The molecule has 1 saturated heterocycles. The van der Waals surface area contributed by atoms with Crippen LogP contribution in [0.1, 0.15) is 44.8 Å². The third kappa shape index (κ3) is 2.91. The lowest BCUT2D eigenvalue weighted by Gasteiger charge is -2.33. The van der Waals surface area contributed by atoms with E-state index >= 15 is 0 Å². The number of carbonyl (C=O) groups excluding carboxylic acids is 1. The topological polar surface area (TPSA) is 38.3 Å². The van der Waals surface area contributed by atoms with Crippen molar-refractivity contribution in [1.29, 1.82) is 0 Å². The van der Waals surface area contributed by atoms with Crippen LogP contribution >= 0.6 is 0 Å². The Balaban J connectivity index is 1.98. The molecular weight excluding hydrogens is 226 g/mol. The number of esters is 1. The molecule has 0 aliphatic carbocycles. The summed E-state index contributed by atoms with van der Waals surface area (Å²) in [5.41, 5.74) is 0.520. The summed E-state index contributed by atoms with van der Waals surface area (Å²) in [6.45, 7) is 4.75. The molecule has 18 heavy (non-hydrogen) atoms. The van der Waals surface area contributed by atoms with Gasteiger partial charge in [-0.25, -0.2) is 0 Å². The van der Waals surface area contributed by atoms with Crippen LogP contribution in [0, 0.1) is 0 Å². The minimum absolute atomic E-state index is 0.140. The number of nitrogens with one attached hydrogen (secondary N) is 1. The van der Waals surface area contributed by atoms with E-state index in [0.717, 1.165) is 31.4 Å². The largest absolute Gasteiger partial charge is 0.456 e. The molecule has 1 N–H and O–H groups in total. The van der Waals surface area contributed by atoms with Gasteiger partial charge in [-0.1, -0.05) is 30.3 Å². The predicted octanol–water partition coefficient (Wildman–Crippen LogP) is 2.82. The van der Waals surface area contributed by atoms with E-state index < -0.39 is 5.54 Å². The molecule has 0 radical (unpaired) electrons. The van der Waals surface area contributed by atoms with Gasteiger partial charge in [0, 0.05) is 0 Å². The molecule has 3 heteroatoms. The van der Waals surface area contributed by atoms with Crippen LogP contribution in [0.15, 0.2) is 30.3 Å². The number of hydrogen-bond donors (Lipinski definition) is 1. The molecule has 0 bridgehead atoms. The lowest BCUT2D eigenvalue weighted by Crippen LogP contribution is -2.53. The van der Waals surface area contributed by atoms with Gasteiger partial charge in [-0.3, -0.25) is 4.79 Å². The Morgan fingerprint density at radius 2 is 2.06 bits per heavy atom. The molecule has 2 rings (SSSR count). The summed E-state index contributed by atoms with van der Waals surface area (Å²) in [4.78, 5) is 12.2. The minimum Gasteiger partial charge on any atom is -0.456 e. The highest BCUT2D eigenvalue weighted by molar-refractivity contribution is 5.80. The molecule has 0 amide bonds. The summed E-state index contributed by atoms with van der Waals surface area (Å²) < 4.78 is 5.58. The summed E-state index contributed by atoms with van der Waals surface area (Å²) in [6, 6.07) is 9.84. The summed E-state index contributed by atoms with van der Waals surface area (Å²) in [7, 11) is 0. The van der Waals surface area contributed by atoms with Crippen molar-refractivity contribution < 1.29 is 9.53 Å². The molecule has 1 aliphatic rings. The van der Waals surface area contributed by atoms with E-state index in [4.69, 9.17) is 4.74 Å². The number of hydrogen-bond acceptors (Lipinski definition) is 3. The molecule has 3 nitrogen and oxygen atoms in total. The maximum absolute atomic E-state index is 12.2. The molecule has 2 unspecified atom stereocenters. The number of carbonyl (C=O) groups is 1. The molecule has 0 spiro atoms. The van der Waals surface area contributed by atoms with Crippen LogP contribution in [-0.4, -0.2) is 18.1 Å². The fourth-order valence-corrected chi connectivity index (χ4v) is 2.31. The van der Waals surface area contributed by atoms with Crippen LogP contribution in [-0.2, 0) is 9.53 Å². The van der Waals surface area contributed by atoms with E-state index in [1.807, 2.05) is 44.2 Å². The Labute approximate surface area is 109 Å². The molecule has 1 aliphatic heterocycles. The number of benzene rings is 1. The van der Waals surface area contributed by atoms with Gasteiger partial charge in [0.2, 0.25) is 0 Å². The molecule has 98 valence electrons. The van der Waals surface area contributed by atoms with Crippen molar-refractivity contribution in [2.45, 2.75) is 44.8 Å². The van der Waals surface area contributed by atoms with Crippen LogP contribution in [0.2, 0.25) is 0 Å². The normalized spacial score (nSPS) is 25.4. The van der Waals surface area contributed by atoms with E-state index in [0.29, 0.717) is 0 Å². The second-order valence-corrected chi connectivity index (χ2v) is 5.17. The van der Waals surface area contributed by atoms with Crippen molar-refractivity contribution in [3.63, 3.8) is 0 Å². The number of ether oxygens (including phenoxy) is 1. The standard InChI is InChI=1S/C15H21NO2/c1-12(13-8-4-3-5-9-13)18-14(17)15(2)10-6-7-11-16-15/h3-5,8-9,12,16H,6-7,10-11H2,1-2H3. The quantitative estimate of drug-likeness (QED) is 0.835. The van der Waals surface area contributed by atoms with Gasteiger partial charge < -0.3 is 10.1 Å². The zero-order valence-electron chi connectivity index (χ0n) is 11.1. The summed E-state index contributed by atoms with van der Waals surface area (Å²) in [5, 5.41) is 3.28. The molecule has 0 saturated carbocycles. The van der Waals surface area contributed by atoms with Crippen molar-refractivity contribution >= 4 is 5.97 Å².